The zero-order chi connectivity index (χ0) is 10.7. The molecule has 6 heteroatoms. The van der Waals surface area contributed by atoms with Crippen LogP contribution in [0.3, 0.4) is 0 Å². The van der Waals surface area contributed by atoms with Crippen LogP contribution >= 0.6 is 0 Å². The summed E-state index contributed by atoms with van der Waals surface area (Å²) >= 11 is 0. The molecule has 1 aromatic rings. The number of hydrogen-bond donors (Lipinski definition) is 1. The molecular formula is C9H9N5O. The minimum atomic E-state index is -0.0121. The summed E-state index contributed by atoms with van der Waals surface area (Å²) in [5, 5.41) is 8.56. The van der Waals surface area contributed by atoms with E-state index in [9.17, 15) is 0 Å². The fourth-order valence-electron chi connectivity index (χ4n) is 1.18. The van der Waals surface area contributed by atoms with Crippen LogP contribution < -0.4 is 0 Å². The average Bonchev–Trinajstić information content (AvgIpc) is 2.64. The van der Waals surface area contributed by atoms with E-state index in [0.29, 0.717) is 11.5 Å². The standard InChI is InChI=1S/C9H9N5O/c10-8-7-9(12-5-11-8)14(6-13-7)3-1-2-4-15/h1-3,5-6,15H,4H2,(H-,10,11,12). The Morgan fingerprint density at radius 1 is 1.47 bits per heavy atom. The lowest BCUT2D eigenvalue weighted by molar-refractivity contribution is -0.287. The molecule has 1 aromatic heterocycles. The fourth-order valence-corrected chi connectivity index (χ4v) is 1.18. The molecule has 0 aliphatic carbocycles. The quantitative estimate of drug-likeness (QED) is 0.730. The minimum absolute atomic E-state index is 0.0121. The molecule has 15 heavy (non-hydrogen) atoms. The Kier molecular flexibility index (Phi) is 2.51. The molecule has 0 unspecified atom stereocenters. The number of aromatic nitrogens is 2. The monoisotopic (exact) mass is 203 g/mol. The average molecular weight is 203 g/mol. The van der Waals surface area contributed by atoms with Gasteiger partial charge in [-0.1, -0.05) is 6.08 Å². The van der Waals surface area contributed by atoms with Crippen molar-refractivity contribution in [2.45, 2.75) is 0 Å². The highest BCUT2D eigenvalue weighted by Gasteiger charge is 2.20. The first-order valence-corrected chi connectivity index (χ1v) is 4.33. The number of nitrogens with one attached hydrogen (secondary N) is 1. The van der Waals surface area contributed by atoms with E-state index < -0.39 is 0 Å². The molecule has 0 atom stereocenters. The maximum Gasteiger partial charge on any atom is 0.309 e. The van der Waals surface area contributed by atoms with E-state index >= 15 is 0 Å². The van der Waals surface area contributed by atoms with Gasteiger partial charge in [0.2, 0.25) is 12.0 Å². The highest BCUT2D eigenvalue weighted by atomic mass is 16.2. The fraction of sp³-hybridized carbons (Fsp3) is 0.111. The van der Waals surface area contributed by atoms with Gasteiger partial charge in [0, 0.05) is 0 Å². The molecule has 2 rings (SSSR count). The molecule has 0 amide bonds. The third-order valence-corrected chi connectivity index (χ3v) is 1.85. The minimum Gasteiger partial charge on any atom is -0.479 e. The SMILES string of the molecule is [NH-]c1ncnc2c1N=C[N+]2=CC=CCO. The van der Waals surface area contributed by atoms with Gasteiger partial charge in [-0.3, -0.25) is 0 Å². The van der Waals surface area contributed by atoms with Crippen molar-refractivity contribution >= 4 is 29.9 Å². The van der Waals surface area contributed by atoms with E-state index in [-0.39, 0.29) is 12.4 Å². The van der Waals surface area contributed by atoms with Gasteiger partial charge >= 0.3 is 5.82 Å². The Morgan fingerprint density at radius 3 is 3.13 bits per heavy atom. The zero-order valence-electron chi connectivity index (χ0n) is 7.83. The van der Waals surface area contributed by atoms with Crippen LogP contribution in [0.2, 0.25) is 0 Å². The summed E-state index contributed by atoms with van der Waals surface area (Å²) in [7, 11) is 0. The molecule has 1 aliphatic rings. The molecule has 1 aliphatic heterocycles. The van der Waals surface area contributed by atoms with Crippen molar-refractivity contribution in [3.05, 3.63) is 24.2 Å². The molecule has 0 spiro atoms. The Bertz CT molecular complexity index is 464. The second-order valence-electron chi connectivity index (χ2n) is 2.81. The lowest BCUT2D eigenvalue weighted by Gasteiger charge is -1.99. The van der Waals surface area contributed by atoms with Crippen LogP contribution in [-0.4, -0.2) is 38.8 Å². The van der Waals surface area contributed by atoms with Gasteiger partial charge in [0.1, 0.15) is 0 Å². The molecule has 0 saturated heterocycles. The van der Waals surface area contributed by atoms with Crippen LogP contribution in [-0.2, 0) is 0 Å². The number of rotatable bonds is 2. The first kappa shape index (κ1) is 9.47. The summed E-state index contributed by atoms with van der Waals surface area (Å²) in [5.41, 5.74) is 7.96. The lowest BCUT2D eigenvalue weighted by Crippen LogP contribution is -2.00. The molecule has 0 fully saturated rings. The number of hydrogen-bond acceptors (Lipinski definition) is 4. The van der Waals surface area contributed by atoms with E-state index in [2.05, 4.69) is 15.0 Å². The molecular weight excluding hydrogens is 194 g/mol. The van der Waals surface area contributed by atoms with Crippen molar-refractivity contribution < 1.29 is 9.68 Å². The van der Waals surface area contributed by atoms with E-state index in [4.69, 9.17) is 10.8 Å². The van der Waals surface area contributed by atoms with Crippen LogP contribution in [0.25, 0.3) is 5.73 Å². The Labute approximate surface area is 86.1 Å². The second kappa shape index (κ2) is 3.97. The van der Waals surface area contributed by atoms with Crippen molar-refractivity contribution in [2.24, 2.45) is 4.99 Å². The van der Waals surface area contributed by atoms with Crippen molar-refractivity contribution in [3.63, 3.8) is 0 Å². The van der Waals surface area contributed by atoms with Gasteiger partial charge in [0.05, 0.1) is 19.1 Å². The third-order valence-electron chi connectivity index (χ3n) is 1.85. The maximum atomic E-state index is 8.56. The first-order chi connectivity index (χ1) is 7.33. The van der Waals surface area contributed by atoms with Crippen LogP contribution in [0.5, 0.6) is 0 Å². The summed E-state index contributed by atoms with van der Waals surface area (Å²) in [5.74, 6) is 0.691. The van der Waals surface area contributed by atoms with E-state index in [1.54, 1.807) is 29.3 Å². The molecule has 2 N–H and O–H groups in total. The normalized spacial score (nSPS) is 16.5. The first-order valence-electron chi connectivity index (χ1n) is 4.33. The molecule has 0 radical (unpaired) electrons. The topological polar surface area (TPSA) is 85.2 Å². The van der Waals surface area contributed by atoms with Crippen LogP contribution in [0, 0.1) is 0 Å². The molecule has 2 heterocycles. The third kappa shape index (κ3) is 1.75. The van der Waals surface area contributed by atoms with Crippen molar-refractivity contribution in [1.82, 2.24) is 9.97 Å². The number of aliphatic imine (C=N–C) groups is 1. The van der Waals surface area contributed by atoms with Gasteiger partial charge in [-0.05, 0) is 11.9 Å². The highest BCUT2D eigenvalue weighted by molar-refractivity contribution is 5.83. The number of aliphatic hydroxyl groups is 1. The summed E-state index contributed by atoms with van der Waals surface area (Å²) in [6.07, 6.45) is 7.87. The zero-order valence-corrected chi connectivity index (χ0v) is 7.83. The van der Waals surface area contributed by atoms with E-state index in [1.807, 2.05) is 0 Å². The molecule has 0 saturated carbocycles. The number of fused-ring (bicyclic) bond motifs is 1. The summed E-state index contributed by atoms with van der Waals surface area (Å²) in [6.45, 7) is -0.0121. The van der Waals surface area contributed by atoms with Crippen molar-refractivity contribution in [3.8, 4) is 0 Å². The Hall–Kier alpha value is -2.08. The van der Waals surface area contributed by atoms with Crippen LogP contribution in [0.15, 0.2) is 23.5 Å². The predicted molar refractivity (Wildman–Crippen MR) is 56.4 cm³/mol. The molecule has 0 bridgehead atoms. The predicted octanol–water partition coefficient (Wildman–Crippen LogP) is 1.10. The van der Waals surface area contributed by atoms with E-state index in [0.717, 1.165) is 0 Å². The van der Waals surface area contributed by atoms with Gasteiger partial charge in [0.25, 0.3) is 0 Å². The van der Waals surface area contributed by atoms with E-state index in [1.165, 1.54) is 6.33 Å². The smallest absolute Gasteiger partial charge is 0.309 e. The summed E-state index contributed by atoms with van der Waals surface area (Å²) in [4.78, 5) is 11.8. The molecule has 6 nitrogen and oxygen atoms in total. The van der Waals surface area contributed by atoms with Gasteiger partial charge in [-0.2, -0.15) is 0 Å². The largest absolute Gasteiger partial charge is 0.479 e. The second-order valence-corrected chi connectivity index (χ2v) is 2.81. The summed E-state index contributed by atoms with van der Waals surface area (Å²) < 4.78 is 1.67. The van der Waals surface area contributed by atoms with Crippen molar-refractivity contribution in [1.29, 1.82) is 0 Å². The summed E-state index contributed by atoms with van der Waals surface area (Å²) in [6, 6.07) is 0. The number of allylic oxidation sites excluding steroid dienone is 1. The van der Waals surface area contributed by atoms with Gasteiger partial charge < -0.3 is 15.8 Å². The van der Waals surface area contributed by atoms with Gasteiger partial charge in [-0.15, -0.1) is 9.98 Å². The number of nitrogens with zero attached hydrogens (tertiary/aromatic N) is 4. The Morgan fingerprint density at radius 2 is 2.33 bits per heavy atom. The maximum absolute atomic E-state index is 8.56. The number of aliphatic hydroxyl groups excluding tert-OH is 1. The van der Waals surface area contributed by atoms with Gasteiger partial charge in [-0.25, -0.2) is 4.58 Å². The lowest BCUT2D eigenvalue weighted by atomic mass is 10.4. The Balaban J connectivity index is 2.37. The van der Waals surface area contributed by atoms with Crippen LogP contribution in [0.1, 0.15) is 0 Å². The van der Waals surface area contributed by atoms with Crippen molar-refractivity contribution in [2.75, 3.05) is 6.61 Å². The highest BCUT2D eigenvalue weighted by Crippen LogP contribution is 2.35. The molecule has 0 aromatic carbocycles. The van der Waals surface area contributed by atoms with Crippen LogP contribution in [0.4, 0.5) is 17.3 Å². The molecule has 76 valence electrons. The van der Waals surface area contributed by atoms with Gasteiger partial charge in [0.15, 0.2) is 0 Å².